The summed E-state index contributed by atoms with van der Waals surface area (Å²) in [4.78, 5) is 11.8. The molecular weight excluding hydrogens is 302 g/mol. The van der Waals surface area contributed by atoms with E-state index in [9.17, 15) is 4.79 Å². The van der Waals surface area contributed by atoms with Crippen LogP contribution >= 0.6 is 0 Å². The number of unbranched alkanes of at least 4 members (excludes halogenated alkanes) is 12. The number of carbonyl (C=O) groups excluding carboxylic acids is 1. The number of hydrogen-bond donors (Lipinski definition) is 1. The van der Waals surface area contributed by atoms with Crippen molar-refractivity contribution in [3.05, 3.63) is 0 Å². The summed E-state index contributed by atoms with van der Waals surface area (Å²) < 4.78 is 5.19. The van der Waals surface area contributed by atoms with Gasteiger partial charge in [-0.05, 0) is 12.8 Å². The van der Waals surface area contributed by atoms with E-state index in [2.05, 4.69) is 19.0 Å². The largest absolute Gasteiger partial charge is 0.461 e. The maximum Gasteiger partial charge on any atom is 0.356 e. The molecule has 0 radical (unpaired) electrons. The van der Waals surface area contributed by atoms with E-state index < -0.39 is 5.97 Å². The second-order valence-corrected chi connectivity index (χ2v) is 6.68. The third-order valence-electron chi connectivity index (χ3n) is 4.35. The second-order valence-electron chi connectivity index (χ2n) is 6.68. The average molecular weight is 342 g/mol. The summed E-state index contributed by atoms with van der Waals surface area (Å²) in [5.74, 6) is -0.450. The molecule has 4 heteroatoms. The van der Waals surface area contributed by atoms with Crippen molar-refractivity contribution in [2.24, 2.45) is 5.16 Å². The Hall–Kier alpha value is -1.06. The number of oxime groups is 1. The SMILES string of the molecule is CCCCCCCCCCC(=NO)C(=O)OCCCCCCCC. The fourth-order valence-corrected chi connectivity index (χ4v) is 2.75. The fourth-order valence-electron chi connectivity index (χ4n) is 2.75. The minimum Gasteiger partial charge on any atom is -0.461 e. The first-order valence-electron chi connectivity index (χ1n) is 10.1. The van der Waals surface area contributed by atoms with E-state index in [0.29, 0.717) is 13.0 Å². The van der Waals surface area contributed by atoms with Crippen LogP contribution in [0.3, 0.4) is 0 Å². The predicted octanol–water partition coefficient (Wildman–Crippen LogP) is 6.25. The van der Waals surface area contributed by atoms with E-state index in [1.54, 1.807) is 0 Å². The van der Waals surface area contributed by atoms with E-state index in [1.165, 1.54) is 64.2 Å². The predicted molar refractivity (Wildman–Crippen MR) is 101 cm³/mol. The molecule has 0 atom stereocenters. The van der Waals surface area contributed by atoms with Crippen LogP contribution in [0, 0.1) is 0 Å². The van der Waals surface area contributed by atoms with Crippen LogP contribution in [0.25, 0.3) is 0 Å². The van der Waals surface area contributed by atoms with E-state index in [0.717, 1.165) is 25.7 Å². The van der Waals surface area contributed by atoms with Crippen LogP contribution in [-0.4, -0.2) is 23.5 Å². The van der Waals surface area contributed by atoms with Gasteiger partial charge in [-0.25, -0.2) is 4.79 Å². The molecule has 0 aliphatic carbocycles. The third-order valence-corrected chi connectivity index (χ3v) is 4.35. The normalized spacial score (nSPS) is 11.7. The van der Waals surface area contributed by atoms with Crippen molar-refractivity contribution in [1.29, 1.82) is 0 Å². The molecule has 0 spiro atoms. The molecule has 0 bridgehead atoms. The molecule has 0 rings (SSSR count). The van der Waals surface area contributed by atoms with Crippen LogP contribution in [0.15, 0.2) is 5.16 Å². The van der Waals surface area contributed by atoms with Crippen LogP contribution in [0.1, 0.15) is 110 Å². The average Bonchev–Trinajstić information content (AvgIpc) is 2.59. The Bertz CT molecular complexity index is 316. The molecule has 0 aliphatic heterocycles. The van der Waals surface area contributed by atoms with Gasteiger partial charge in [0.15, 0.2) is 5.71 Å². The third kappa shape index (κ3) is 14.5. The molecule has 0 heterocycles. The lowest BCUT2D eigenvalue weighted by atomic mass is 10.1. The molecule has 0 amide bonds. The van der Waals surface area contributed by atoms with Gasteiger partial charge in [-0.1, -0.05) is 96.1 Å². The summed E-state index contributed by atoms with van der Waals surface area (Å²) in [6.45, 7) is 4.85. The molecule has 0 saturated carbocycles. The Morgan fingerprint density at radius 2 is 1.21 bits per heavy atom. The van der Waals surface area contributed by atoms with Crippen LogP contribution in [-0.2, 0) is 9.53 Å². The number of nitrogens with zero attached hydrogens (tertiary/aromatic N) is 1. The standard InChI is InChI=1S/C20H39NO3/c1-3-5-7-9-11-12-13-15-17-19(21-23)20(22)24-18-16-14-10-8-6-4-2/h23H,3-18H2,1-2H3. The molecule has 0 unspecified atom stereocenters. The summed E-state index contributed by atoms with van der Waals surface area (Å²) in [7, 11) is 0. The van der Waals surface area contributed by atoms with Crippen molar-refractivity contribution in [3.8, 4) is 0 Å². The molecular formula is C20H39NO3. The lowest BCUT2D eigenvalue weighted by Crippen LogP contribution is -2.18. The highest BCUT2D eigenvalue weighted by atomic mass is 16.5. The van der Waals surface area contributed by atoms with Crippen molar-refractivity contribution >= 4 is 11.7 Å². The monoisotopic (exact) mass is 341 g/mol. The maximum absolute atomic E-state index is 11.8. The Kier molecular flexibility index (Phi) is 17.5. The topological polar surface area (TPSA) is 58.9 Å². The minimum absolute atomic E-state index is 0.173. The molecule has 1 N–H and O–H groups in total. The molecule has 0 aromatic rings. The summed E-state index contributed by atoms with van der Waals surface area (Å²) in [6, 6.07) is 0. The molecule has 4 nitrogen and oxygen atoms in total. The van der Waals surface area contributed by atoms with Crippen molar-refractivity contribution in [2.45, 2.75) is 110 Å². The Morgan fingerprint density at radius 1 is 0.750 bits per heavy atom. The smallest absolute Gasteiger partial charge is 0.356 e. The summed E-state index contributed by atoms with van der Waals surface area (Å²) in [6.07, 6.45) is 17.1. The van der Waals surface area contributed by atoms with Crippen molar-refractivity contribution in [3.63, 3.8) is 0 Å². The van der Waals surface area contributed by atoms with Gasteiger partial charge >= 0.3 is 5.97 Å². The second kappa shape index (κ2) is 18.3. The van der Waals surface area contributed by atoms with Gasteiger partial charge in [0.25, 0.3) is 0 Å². The first kappa shape index (κ1) is 22.9. The van der Waals surface area contributed by atoms with Gasteiger partial charge in [-0.3, -0.25) is 0 Å². The van der Waals surface area contributed by atoms with E-state index in [1.807, 2.05) is 0 Å². The Morgan fingerprint density at radius 3 is 1.71 bits per heavy atom. The highest BCUT2D eigenvalue weighted by molar-refractivity contribution is 6.36. The fraction of sp³-hybridized carbons (Fsp3) is 0.900. The zero-order chi connectivity index (χ0) is 17.9. The van der Waals surface area contributed by atoms with Gasteiger partial charge in [0, 0.05) is 6.42 Å². The van der Waals surface area contributed by atoms with Crippen molar-refractivity contribution < 1.29 is 14.7 Å². The zero-order valence-electron chi connectivity index (χ0n) is 16.0. The summed E-state index contributed by atoms with van der Waals surface area (Å²) >= 11 is 0. The van der Waals surface area contributed by atoms with Crippen LogP contribution < -0.4 is 0 Å². The molecule has 24 heavy (non-hydrogen) atoms. The van der Waals surface area contributed by atoms with Crippen LogP contribution in [0.4, 0.5) is 0 Å². The van der Waals surface area contributed by atoms with Crippen LogP contribution in [0.5, 0.6) is 0 Å². The maximum atomic E-state index is 11.8. The number of ether oxygens (including phenoxy) is 1. The first-order valence-corrected chi connectivity index (χ1v) is 10.1. The quantitative estimate of drug-likeness (QED) is 0.112. The number of rotatable bonds is 17. The minimum atomic E-state index is -0.450. The number of hydrogen-bond acceptors (Lipinski definition) is 4. The molecule has 0 aromatic carbocycles. The van der Waals surface area contributed by atoms with Gasteiger partial charge in [-0.2, -0.15) is 0 Å². The lowest BCUT2D eigenvalue weighted by molar-refractivity contribution is -0.136. The summed E-state index contributed by atoms with van der Waals surface area (Å²) in [5.41, 5.74) is 0.173. The zero-order valence-corrected chi connectivity index (χ0v) is 16.0. The molecule has 0 fully saturated rings. The highest BCUT2D eigenvalue weighted by Crippen LogP contribution is 2.10. The van der Waals surface area contributed by atoms with E-state index in [4.69, 9.17) is 9.94 Å². The number of esters is 1. The molecule has 142 valence electrons. The van der Waals surface area contributed by atoms with E-state index >= 15 is 0 Å². The lowest BCUT2D eigenvalue weighted by Gasteiger charge is -2.06. The molecule has 0 aliphatic rings. The van der Waals surface area contributed by atoms with Crippen LogP contribution in [0.2, 0.25) is 0 Å². The highest BCUT2D eigenvalue weighted by Gasteiger charge is 2.13. The Balaban J connectivity index is 3.57. The summed E-state index contributed by atoms with van der Waals surface area (Å²) in [5, 5.41) is 12.1. The van der Waals surface area contributed by atoms with Crippen molar-refractivity contribution in [2.75, 3.05) is 6.61 Å². The van der Waals surface area contributed by atoms with Gasteiger partial charge in [0.2, 0.25) is 0 Å². The molecule has 0 saturated heterocycles. The first-order chi connectivity index (χ1) is 11.8. The van der Waals surface area contributed by atoms with Gasteiger partial charge < -0.3 is 9.94 Å². The number of carbonyl (C=O) groups is 1. The van der Waals surface area contributed by atoms with Gasteiger partial charge in [-0.15, -0.1) is 0 Å². The van der Waals surface area contributed by atoms with Gasteiger partial charge in [0.1, 0.15) is 0 Å². The Labute approximate surface area is 149 Å². The van der Waals surface area contributed by atoms with E-state index in [-0.39, 0.29) is 5.71 Å². The molecule has 0 aromatic heterocycles. The van der Waals surface area contributed by atoms with Crippen molar-refractivity contribution in [1.82, 2.24) is 0 Å². The van der Waals surface area contributed by atoms with Gasteiger partial charge in [0.05, 0.1) is 6.61 Å².